The van der Waals surface area contributed by atoms with Gasteiger partial charge in [0.15, 0.2) is 0 Å². The van der Waals surface area contributed by atoms with Crippen molar-refractivity contribution in [3.05, 3.63) is 69.5 Å². The Balaban J connectivity index is 1.66. The van der Waals surface area contributed by atoms with Gasteiger partial charge < -0.3 is 10.6 Å². The lowest BCUT2D eigenvalue weighted by Gasteiger charge is -2.18. The number of carbonyl (C=O) groups excluding carboxylic acids is 2. The average Bonchev–Trinajstić information content (AvgIpc) is 3.08. The zero-order chi connectivity index (χ0) is 20.1. The molecule has 3 rings (SSSR count). The summed E-state index contributed by atoms with van der Waals surface area (Å²) in [5, 5.41) is 9.31. The van der Waals surface area contributed by atoms with Gasteiger partial charge in [0, 0.05) is 28.6 Å². The smallest absolute Gasteiger partial charge is 0.226 e. The summed E-state index contributed by atoms with van der Waals surface area (Å²) in [6, 6.07) is 14.2. The number of aromatic nitrogens is 1. The predicted molar refractivity (Wildman–Crippen MR) is 114 cm³/mol. The fraction of sp³-hybridized carbons (Fsp3) is 0.190. The summed E-state index contributed by atoms with van der Waals surface area (Å²) in [5.74, 6) is -0.387. The standard InChI is InChI=1S/C21H20ClN3O2S/c1-13(26)23-19(15-3-7-17(22)8-4-15)11-21(27)25-18-9-5-16(6-10-18)20-12-28-14(2)24-20/h3-10,12,19H,11H2,1-2H3,(H,23,26)(H,25,27). The van der Waals surface area contributed by atoms with Crippen LogP contribution >= 0.6 is 22.9 Å². The van der Waals surface area contributed by atoms with Gasteiger partial charge in [-0.25, -0.2) is 4.98 Å². The molecule has 1 atom stereocenters. The molecule has 1 aromatic heterocycles. The number of nitrogens with one attached hydrogen (secondary N) is 2. The maximum atomic E-state index is 12.5. The van der Waals surface area contributed by atoms with Crippen LogP contribution in [0, 0.1) is 6.92 Å². The molecule has 28 heavy (non-hydrogen) atoms. The second-order valence-corrected chi connectivity index (χ2v) is 7.88. The lowest BCUT2D eigenvalue weighted by molar-refractivity contribution is -0.120. The fourth-order valence-electron chi connectivity index (χ4n) is 2.81. The second-order valence-electron chi connectivity index (χ2n) is 6.39. The van der Waals surface area contributed by atoms with Crippen LogP contribution < -0.4 is 10.6 Å². The summed E-state index contributed by atoms with van der Waals surface area (Å²) in [6.07, 6.45) is 0.119. The van der Waals surface area contributed by atoms with Gasteiger partial charge >= 0.3 is 0 Å². The molecule has 1 heterocycles. The van der Waals surface area contributed by atoms with Gasteiger partial charge in [-0.15, -0.1) is 11.3 Å². The van der Waals surface area contributed by atoms with Crippen LogP contribution in [0.4, 0.5) is 5.69 Å². The number of hydrogen-bond donors (Lipinski definition) is 2. The molecule has 144 valence electrons. The molecule has 0 saturated carbocycles. The van der Waals surface area contributed by atoms with Crippen molar-refractivity contribution in [3.63, 3.8) is 0 Å². The van der Waals surface area contributed by atoms with Gasteiger partial charge in [0.05, 0.1) is 23.2 Å². The number of amides is 2. The summed E-state index contributed by atoms with van der Waals surface area (Å²) in [4.78, 5) is 28.5. The monoisotopic (exact) mass is 413 g/mol. The summed E-state index contributed by atoms with van der Waals surface area (Å²) >= 11 is 7.52. The molecule has 2 N–H and O–H groups in total. The first kappa shape index (κ1) is 20.0. The summed E-state index contributed by atoms with van der Waals surface area (Å²) in [6.45, 7) is 3.40. The van der Waals surface area contributed by atoms with E-state index < -0.39 is 6.04 Å². The third-order valence-corrected chi connectivity index (χ3v) is 5.15. The van der Waals surface area contributed by atoms with Gasteiger partial charge in [0.1, 0.15) is 0 Å². The molecule has 0 aliphatic heterocycles. The highest BCUT2D eigenvalue weighted by molar-refractivity contribution is 7.09. The van der Waals surface area contributed by atoms with Gasteiger partial charge in [0.25, 0.3) is 0 Å². The van der Waals surface area contributed by atoms with E-state index in [9.17, 15) is 9.59 Å². The second kappa shape index (κ2) is 8.99. The van der Waals surface area contributed by atoms with Crippen LogP contribution in [0.5, 0.6) is 0 Å². The number of carbonyl (C=O) groups is 2. The van der Waals surface area contributed by atoms with Crippen LogP contribution in [0.3, 0.4) is 0 Å². The summed E-state index contributed by atoms with van der Waals surface area (Å²) < 4.78 is 0. The van der Waals surface area contributed by atoms with Crippen molar-refractivity contribution in [2.75, 3.05) is 5.32 Å². The molecule has 0 fully saturated rings. The summed E-state index contributed by atoms with van der Waals surface area (Å²) in [5.41, 5.74) is 3.44. The lowest BCUT2D eigenvalue weighted by atomic mass is 10.0. The molecule has 0 radical (unpaired) electrons. The minimum absolute atomic E-state index is 0.119. The molecule has 0 bridgehead atoms. The molecule has 7 heteroatoms. The topological polar surface area (TPSA) is 71.1 Å². The Bertz CT molecular complexity index is 968. The van der Waals surface area contributed by atoms with E-state index in [1.807, 2.05) is 36.6 Å². The molecule has 0 aliphatic rings. The Hall–Kier alpha value is -2.70. The van der Waals surface area contributed by atoms with Crippen molar-refractivity contribution < 1.29 is 9.59 Å². The molecule has 1 unspecified atom stereocenters. The van der Waals surface area contributed by atoms with E-state index in [-0.39, 0.29) is 18.2 Å². The van der Waals surface area contributed by atoms with Crippen LogP contribution in [0.15, 0.2) is 53.9 Å². The van der Waals surface area contributed by atoms with E-state index in [1.54, 1.807) is 35.6 Å². The quantitative estimate of drug-likeness (QED) is 0.598. The minimum atomic E-state index is -0.424. The van der Waals surface area contributed by atoms with Gasteiger partial charge in [-0.2, -0.15) is 0 Å². The highest BCUT2D eigenvalue weighted by Gasteiger charge is 2.17. The van der Waals surface area contributed by atoms with E-state index in [0.29, 0.717) is 10.7 Å². The van der Waals surface area contributed by atoms with Crippen LogP contribution in [-0.4, -0.2) is 16.8 Å². The Morgan fingerprint density at radius 1 is 1.11 bits per heavy atom. The average molecular weight is 414 g/mol. The van der Waals surface area contributed by atoms with E-state index in [2.05, 4.69) is 15.6 Å². The first-order valence-corrected chi connectivity index (χ1v) is 10.0. The number of halogens is 1. The maximum Gasteiger partial charge on any atom is 0.226 e. The van der Waals surface area contributed by atoms with Crippen LogP contribution in [-0.2, 0) is 9.59 Å². The SMILES string of the molecule is CC(=O)NC(CC(=O)Nc1ccc(-c2csc(C)n2)cc1)c1ccc(Cl)cc1. The zero-order valence-corrected chi connectivity index (χ0v) is 17.1. The number of hydrogen-bond acceptors (Lipinski definition) is 4. The highest BCUT2D eigenvalue weighted by atomic mass is 35.5. The first-order chi connectivity index (χ1) is 13.4. The lowest BCUT2D eigenvalue weighted by Crippen LogP contribution is -2.29. The minimum Gasteiger partial charge on any atom is -0.349 e. The maximum absolute atomic E-state index is 12.5. The van der Waals surface area contributed by atoms with Gasteiger partial charge in [-0.1, -0.05) is 35.9 Å². The van der Waals surface area contributed by atoms with Crippen molar-refractivity contribution in [1.82, 2.24) is 10.3 Å². The van der Waals surface area contributed by atoms with E-state index in [0.717, 1.165) is 21.8 Å². The Kier molecular flexibility index (Phi) is 6.44. The molecule has 0 saturated heterocycles. The van der Waals surface area contributed by atoms with Crippen molar-refractivity contribution in [3.8, 4) is 11.3 Å². The van der Waals surface area contributed by atoms with Gasteiger partial charge in [0.2, 0.25) is 11.8 Å². The Morgan fingerprint density at radius 3 is 2.36 bits per heavy atom. The van der Waals surface area contributed by atoms with Crippen molar-refractivity contribution in [1.29, 1.82) is 0 Å². The van der Waals surface area contributed by atoms with Crippen LogP contribution in [0.2, 0.25) is 5.02 Å². The third kappa shape index (κ3) is 5.41. The molecule has 2 amide bonds. The van der Waals surface area contributed by atoms with Gasteiger partial charge in [-0.3, -0.25) is 9.59 Å². The predicted octanol–water partition coefficient (Wildman–Crippen LogP) is 4.98. The Morgan fingerprint density at radius 2 is 1.79 bits per heavy atom. The number of nitrogens with zero attached hydrogens (tertiary/aromatic N) is 1. The molecular formula is C21H20ClN3O2S. The van der Waals surface area contributed by atoms with Gasteiger partial charge in [-0.05, 0) is 36.8 Å². The molecule has 2 aromatic carbocycles. The zero-order valence-electron chi connectivity index (χ0n) is 15.5. The molecule has 3 aromatic rings. The fourth-order valence-corrected chi connectivity index (χ4v) is 3.56. The van der Waals surface area contributed by atoms with Crippen LogP contribution in [0.25, 0.3) is 11.3 Å². The van der Waals surface area contributed by atoms with E-state index in [4.69, 9.17) is 11.6 Å². The number of anilines is 1. The summed E-state index contributed by atoms with van der Waals surface area (Å²) in [7, 11) is 0. The van der Waals surface area contributed by atoms with E-state index in [1.165, 1.54) is 6.92 Å². The molecule has 0 aliphatic carbocycles. The number of aryl methyl sites for hydroxylation is 1. The highest BCUT2D eigenvalue weighted by Crippen LogP contribution is 2.24. The Labute approximate surface area is 172 Å². The van der Waals surface area contributed by atoms with Crippen LogP contribution in [0.1, 0.15) is 30.0 Å². The molecular weight excluding hydrogens is 394 g/mol. The molecule has 0 spiro atoms. The first-order valence-electron chi connectivity index (χ1n) is 8.75. The van der Waals surface area contributed by atoms with Crippen molar-refractivity contribution in [2.45, 2.75) is 26.3 Å². The normalized spacial score (nSPS) is 11.7. The number of thiazole rings is 1. The van der Waals surface area contributed by atoms with E-state index >= 15 is 0 Å². The number of benzene rings is 2. The largest absolute Gasteiger partial charge is 0.349 e. The molecule has 5 nitrogen and oxygen atoms in total. The third-order valence-electron chi connectivity index (χ3n) is 4.12. The van der Waals surface area contributed by atoms with Crippen molar-refractivity contribution in [2.24, 2.45) is 0 Å². The van der Waals surface area contributed by atoms with Crippen molar-refractivity contribution >= 4 is 40.4 Å². The number of rotatable bonds is 6.